The molecular formula is C72H83N9O15. The normalized spacial score (nSPS) is 15.4. The fourth-order valence-electron chi connectivity index (χ4n) is 11.5. The van der Waals surface area contributed by atoms with E-state index in [0.717, 1.165) is 34.2 Å². The number of nitrogens with one attached hydrogen (secondary N) is 5. The molecule has 0 aromatic heterocycles. The van der Waals surface area contributed by atoms with Crippen molar-refractivity contribution in [3.8, 4) is 28.7 Å². The first-order chi connectivity index (χ1) is 46.0. The average molecular weight is 1310 g/mol. The number of imide groups is 1. The Hall–Kier alpha value is -10.4. The molecule has 5 N–H and O–H groups in total. The molecule has 0 bridgehead atoms. The van der Waals surface area contributed by atoms with Gasteiger partial charge in [-0.05, 0) is 141 Å². The zero-order valence-electron chi connectivity index (χ0n) is 55.6. The summed E-state index contributed by atoms with van der Waals surface area (Å²) in [6, 6.07) is 27.2. The van der Waals surface area contributed by atoms with Crippen LogP contribution in [0.15, 0.2) is 114 Å². The third-order valence-electron chi connectivity index (χ3n) is 17.0. The van der Waals surface area contributed by atoms with Crippen LogP contribution in [0.25, 0.3) is 11.1 Å². The Labute approximate surface area is 558 Å². The molecule has 9 rings (SSSR count). The third-order valence-corrected chi connectivity index (χ3v) is 17.0. The Bertz CT molecular complexity index is 3830. The van der Waals surface area contributed by atoms with Gasteiger partial charge in [0.05, 0.1) is 57.8 Å². The largest absolute Gasteiger partial charge is 0.497 e. The first-order valence-corrected chi connectivity index (χ1v) is 31.9. The van der Waals surface area contributed by atoms with E-state index in [9.17, 15) is 38.4 Å². The SMILES string of the molecule is COc1ccc(C2=CN3C(=O)c4cc(OC)c(OCCCOc5cc(C=N)c(C(=O)N6C=C(c7ccc(NC(=O)OCc8ccc(NC(=O)CNC(=O)C(NC(=O)CCC(C)(C)OCCC(C)(C)N9C(=O)CCC9=O)C(C)C)cc8)cc7)CC6)cc5OC)cc4C=N[C@H]3C2)cc1. The molecule has 4 aliphatic heterocycles. The number of benzene rings is 5. The predicted octanol–water partition coefficient (Wildman–Crippen LogP) is 9.93. The number of aliphatic imine (C=N–C) groups is 1. The lowest BCUT2D eigenvalue weighted by atomic mass is 9.97. The summed E-state index contributed by atoms with van der Waals surface area (Å²) in [6.45, 7) is 11.6. The van der Waals surface area contributed by atoms with Crippen LogP contribution in [-0.2, 0) is 40.1 Å². The number of amides is 8. The van der Waals surface area contributed by atoms with Gasteiger partial charge < -0.3 is 59.4 Å². The van der Waals surface area contributed by atoms with E-state index in [1.807, 2.05) is 70.3 Å². The van der Waals surface area contributed by atoms with Crippen LogP contribution in [0, 0.1) is 11.3 Å². The van der Waals surface area contributed by atoms with Gasteiger partial charge in [0.25, 0.3) is 11.8 Å². The number of ether oxygens (including phenoxy) is 7. The summed E-state index contributed by atoms with van der Waals surface area (Å²) in [7, 11) is 4.61. The molecule has 506 valence electrons. The molecule has 4 aliphatic rings. The summed E-state index contributed by atoms with van der Waals surface area (Å²) in [5.74, 6) is -0.308. The second-order valence-corrected chi connectivity index (χ2v) is 25.2. The summed E-state index contributed by atoms with van der Waals surface area (Å²) >= 11 is 0. The van der Waals surface area contributed by atoms with Crippen LogP contribution < -0.4 is 45.0 Å². The summed E-state index contributed by atoms with van der Waals surface area (Å²) < 4.78 is 40.4. The standard InChI is InChI=1S/C72H83N9O15/c1-44(2)66(78-62(82)25-27-72(5,6)96-32-28-71(3,4)81-64(84)23-24-65(81)85)67(86)75-40-63(83)76-52-17-11-45(12-18-52)43-95-70(89)77-53-19-13-46(14-20-53)48-26-29-79(41-48)68(87)55-36-57(91-8)59(33-49(55)38-73)93-30-10-31-94-60-34-50-39-74-61-35-51(47-15-21-54(90-7)22-16-47)42-80(61)69(88)56(50)37-58(60)92-9/h11-22,33-34,36-39,41-42,44,61,66,73H,10,23-32,35,40,43H2,1-9H3,(H,75,86)(H,76,83)(H,77,89)(H,78,82)/t61-,66?/m1/s1. The van der Waals surface area contributed by atoms with Crippen molar-refractivity contribution in [2.45, 2.75) is 123 Å². The molecule has 24 heteroatoms. The van der Waals surface area contributed by atoms with Crippen LogP contribution in [0.5, 0.6) is 28.7 Å². The third kappa shape index (κ3) is 17.5. The van der Waals surface area contributed by atoms with Crippen LogP contribution in [0.2, 0.25) is 0 Å². The van der Waals surface area contributed by atoms with E-state index < -0.39 is 35.1 Å². The molecule has 96 heavy (non-hydrogen) atoms. The van der Waals surface area contributed by atoms with Gasteiger partial charge in [0.1, 0.15) is 24.6 Å². The lowest BCUT2D eigenvalue weighted by molar-refractivity contribution is -0.146. The fourth-order valence-corrected chi connectivity index (χ4v) is 11.5. The fraction of sp³-hybridized carbons (Fsp3) is 0.389. The van der Waals surface area contributed by atoms with Crippen molar-refractivity contribution in [2.75, 3.05) is 64.9 Å². The zero-order chi connectivity index (χ0) is 68.8. The van der Waals surface area contributed by atoms with Crippen LogP contribution in [0.3, 0.4) is 0 Å². The Balaban J connectivity index is 0.678. The number of fused-ring (bicyclic) bond motifs is 2. The van der Waals surface area contributed by atoms with Gasteiger partial charge in [-0.2, -0.15) is 0 Å². The van der Waals surface area contributed by atoms with Crippen LogP contribution in [-0.4, -0.2) is 152 Å². The van der Waals surface area contributed by atoms with E-state index in [-0.39, 0.29) is 99.4 Å². The van der Waals surface area contributed by atoms with Crippen molar-refractivity contribution in [3.05, 3.63) is 148 Å². The second-order valence-electron chi connectivity index (χ2n) is 25.2. The summed E-state index contributed by atoms with van der Waals surface area (Å²) in [5.41, 5.74) is 5.53. The Kier molecular flexibility index (Phi) is 22.8. The second kappa shape index (κ2) is 31.3. The van der Waals surface area contributed by atoms with E-state index in [0.29, 0.717) is 95.3 Å². The van der Waals surface area contributed by atoms with Gasteiger partial charge in [0.15, 0.2) is 23.0 Å². The van der Waals surface area contributed by atoms with Crippen molar-refractivity contribution in [1.29, 1.82) is 5.41 Å². The first-order valence-electron chi connectivity index (χ1n) is 31.9. The van der Waals surface area contributed by atoms with Gasteiger partial charge in [0, 0.05) is 98.1 Å². The van der Waals surface area contributed by atoms with Crippen LogP contribution in [0.1, 0.15) is 141 Å². The topological polar surface area (TPSA) is 295 Å². The lowest BCUT2D eigenvalue weighted by Gasteiger charge is -2.35. The van der Waals surface area contributed by atoms with Crippen molar-refractivity contribution in [1.82, 2.24) is 25.3 Å². The van der Waals surface area contributed by atoms with Gasteiger partial charge in [-0.15, -0.1) is 0 Å². The zero-order valence-corrected chi connectivity index (χ0v) is 55.6. The quantitative estimate of drug-likeness (QED) is 0.0162. The minimum atomic E-state index is -0.900. The summed E-state index contributed by atoms with van der Waals surface area (Å²) in [4.78, 5) is 114. The Morgan fingerprint density at radius 3 is 2.00 bits per heavy atom. The molecule has 0 radical (unpaired) electrons. The molecule has 1 saturated heterocycles. The highest BCUT2D eigenvalue weighted by Gasteiger charge is 2.40. The maximum Gasteiger partial charge on any atom is 0.411 e. The van der Waals surface area contributed by atoms with Gasteiger partial charge in [-0.1, -0.05) is 50.2 Å². The molecule has 0 saturated carbocycles. The van der Waals surface area contributed by atoms with Crippen LogP contribution in [0.4, 0.5) is 16.2 Å². The summed E-state index contributed by atoms with van der Waals surface area (Å²) in [6.07, 6.45) is 8.18. The number of hydrogen-bond acceptors (Lipinski definition) is 17. The molecular weight excluding hydrogens is 1230 g/mol. The van der Waals surface area contributed by atoms with Gasteiger partial charge in [-0.25, -0.2) is 4.79 Å². The highest BCUT2D eigenvalue weighted by molar-refractivity contribution is 6.07. The Morgan fingerprint density at radius 2 is 1.34 bits per heavy atom. The van der Waals surface area contributed by atoms with Crippen molar-refractivity contribution in [3.63, 3.8) is 0 Å². The average Bonchev–Trinajstić information content (AvgIpc) is 1.62. The Morgan fingerprint density at radius 1 is 0.708 bits per heavy atom. The number of anilines is 2. The lowest BCUT2D eigenvalue weighted by Crippen LogP contribution is -2.51. The molecule has 1 fully saturated rings. The molecule has 24 nitrogen and oxygen atoms in total. The summed E-state index contributed by atoms with van der Waals surface area (Å²) in [5, 5.41) is 19.1. The van der Waals surface area contributed by atoms with E-state index in [4.69, 9.17) is 43.6 Å². The van der Waals surface area contributed by atoms with Crippen molar-refractivity contribution in [2.24, 2.45) is 10.9 Å². The minimum Gasteiger partial charge on any atom is -0.497 e. The molecule has 1 unspecified atom stereocenters. The van der Waals surface area contributed by atoms with Crippen molar-refractivity contribution >= 4 is 82.4 Å². The number of carbonyl (C=O) groups excluding carboxylic acids is 8. The molecule has 2 atom stereocenters. The smallest absolute Gasteiger partial charge is 0.411 e. The highest BCUT2D eigenvalue weighted by atomic mass is 16.5. The number of hydrogen-bond donors (Lipinski definition) is 5. The number of methoxy groups -OCH3 is 3. The van der Waals surface area contributed by atoms with Gasteiger partial charge >= 0.3 is 6.09 Å². The van der Waals surface area contributed by atoms with E-state index in [1.165, 1.54) is 19.1 Å². The van der Waals surface area contributed by atoms with E-state index >= 15 is 0 Å². The van der Waals surface area contributed by atoms with E-state index in [1.54, 1.807) is 104 Å². The highest BCUT2D eigenvalue weighted by Crippen LogP contribution is 2.39. The van der Waals surface area contributed by atoms with Crippen LogP contribution >= 0.6 is 0 Å². The monoisotopic (exact) mass is 1310 g/mol. The molecule has 0 spiro atoms. The van der Waals surface area contributed by atoms with Crippen molar-refractivity contribution < 1.29 is 71.5 Å². The van der Waals surface area contributed by atoms with E-state index in [2.05, 4.69) is 21.3 Å². The molecule has 5 aromatic rings. The maximum absolute atomic E-state index is 14.0. The first kappa shape index (κ1) is 70.0. The number of carbonyl (C=O) groups is 8. The minimum absolute atomic E-state index is 0.0675. The molecule has 8 amide bonds. The molecule has 5 aromatic carbocycles. The van der Waals surface area contributed by atoms with Gasteiger partial charge in [0.2, 0.25) is 29.5 Å². The maximum atomic E-state index is 14.0. The number of likely N-dealkylation sites (tertiary alicyclic amines) is 1. The molecule has 4 heterocycles. The predicted molar refractivity (Wildman–Crippen MR) is 360 cm³/mol. The van der Waals surface area contributed by atoms with Gasteiger partial charge in [-0.3, -0.25) is 53.7 Å². The number of nitrogens with zero attached hydrogens (tertiary/aromatic N) is 4. The number of rotatable bonds is 30. The molecule has 0 aliphatic carbocycles.